The number of amides is 1. The molecule has 0 aromatic heterocycles. The second-order valence-electron chi connectivity index (χ2n) is 7.04. The minimum Gasteiger partial charge on any atom is -0.479 e. The van der Waals surface area contributed by atoms with Gasteiger partial charge >= 0.3 is 5.97 Å². The van der Waals surface area contributed by atoms with Crippen LogP contribution >= 0.6 is 0 Å². The maximum atomic E-state index is 11.8. The van der Waals surface area contributed by atoms with Crippen LogP contribution in [0.5, 0.6) is 0 Å². The van der Waals surface area contributed by atoms with Crippen LogP contribution < -0.4 is 5.32 Å². The van der Waals surface area contributed by atoms with Gasteiger partial charge in [0.1, 0.15) is 0 Å². The molecule has 1 heterocycles. The minimum atomic E-state index is -0.919. The van der Waals surface area contributed by atoms with Crippen molar-refractivity contribution in [3.05, 3.63) is 0 Å². The molecule has 1 fully saturated rings. The lowest BCUT2D eigenvalue weighted by atomic mass is 9.84. The molecule has 1 amide bonds. The Morgan fingerprint density at radius 1 is 1.35 bits per heavy atom. The van der Waals surface area contributed by atoms with Gasteiger partial charge in [0.15, 0.2) is 6.10 Å². The van der Waals surface area contributed by atoms with Crippen LogP contribution in [0.25, 0.3) is 0 Å². The summed E-state index contributed by atoms with van der Waals surface area (Å²) in [6.45, 7) is 8.99. The number of aliphatic carboxylic acids is 1. The zero-order valence-corrected chi connectivity index (χ0v) is 12.9. The number of carboxylic acid groups (broad SMARTS) is 1. The molecule has 5 heteroatoms. The SMILES string of the molecule is CC(CC(=O)NCC1CCC(C(=O)O)O1)CC(C)(C)C. The largest absolute Gasteiger partial charge is 0.479 e. The second-order valence-corrected chi connectivity index (χ2v) is 7.04. The van der Waals surface area contributed by atoms with Gasteiger partial charge in [-0.15, -0.1) is 0 Å². The van der Waals surface area contributed by atoms with Crippen molar-refractivity contribution in [3.63, 3.8) is 0 Å². The predicted molar refractivity (Wildman–Crippen MR) is 76.4 cm³/mol. The highest BCUT2D eigenvalue weighted by Gasteiger charge is 2.30. The molecule has 1 aliphatic rings. The first-order chi connectivity index (χ1) is 9.17. The van der Waals surface area contributed by atoms with E-state index >= 15 is 0 Å². The summed E-state index contributed by atoms with van der Waals surface area (Å²) in [5, 5.41) is 11.7. The summed E-state index contributed by atoms with van der Waals surface area (Å²) in [4.78, 5) is 22.6. The lowest BCUT2D eigenvalue weighted by Gasteiger charge is -2.23. The van der Waals surface area contributed by atoms with E-state index in [1.54, 1.807) is 0 Å². The fourth-order valence-corrected chi connectivity index (χ4v) is 2.77. The molecular formula is C15H27NO4. The fourth-order valence-electron chi connectivity index (χ4n) is 2.77. The van der Waals surface area contributed by atoms with E-state index in [2.05, 4.69) is 33.0 Å². The van der Waals surface area contributed by atoms with Crippen LogP contribution in [0.15, 0.2) is 0 Å². The molecule has 0 bridgehead atoms. The van der Waals surface area contributed by atoms with Gasteiger partial charge in [-0.1, -0.05) is 27.7 Å². The van der Waals surface area contributed by atoms with Crippen molar-refractivity contribution in [1.82, 2.24) is 5.32 Å². The summed E-state index contributed by atoms with van der Waals surface area (Å²) in [6.07, 6.45) is 1.84. The molecule has 1 rings (SSSR count). The molecule has 5 nitrogen and oxygen atoms in total. The van der Waals surface area contributed by atoms with Gasteiger partial charge in [-0.2, -0.15) is 0 Å². The first-order valence-corrected chi connectivity index (χ1v) is 7.32. The van der Waals surface area contributed by atoms with Crippen LogP contribution in [0.2, 0.25) is 0 Å². The van der Waals surface area contributed by atoms with Crippen LogP contribution in [-0.4, -0.2) is 35.7 Å². The molecule has 20 heavy (non-hydrogen) atoms. The van der Waals surface area contributed by atoms with Crippen LogP contribution in [0, 0.1) is 11.3 Å². The molecule has 2 N–H and O–H groups in total. The van der Waals surface area contributed by atoms with Gasteiger partial charge in [0, 0.05) is 13.0 Å². The highest BCUT2D eigenvalue weighted by Crippen LogP contribution is 2.26. The third kappa shape index (κ3) is 6.37. The van der Waals surface area contributed by atoms with E-state index in [1.807, 2.05) is 0 Å². The van der Waals surface area contributed by atoms with Crippen molar-refractivity contribution in [3.8, 4) is 0 Å². The Morgan fingerprint density at radius 3 is 2.50 bits per heavy atom. The van der Waals surface area contributed by atoms with Crippen LogP contribution in [0.4, 0.5) is 0 Å². The maximum absolute atomic E-state index is 11.8. The molecule has 0 spiro atoms. The Balaban J connectivity index is 2.22. The molecule has 0 aliphatic carbocycles. The molecule has 0 aromatic carbocycles. The summed E-state index contributed by atoms with van der Waals surface area (Å²) in [5.41, 5.74) is 0.225. The molecular weight excluding hydrogens is 258 g/mol. The number of carbonyl (C=O) groups is 2. The molecule has 0 saturated carbocycles. The zero-order valence-electron chi connectivity index (χ0n) is 12.9. The Labute approximate surface area is 121 Å². The Kier molecular flexibility index (Phi) is 5.99. The number of hydrogen-bond donors (Lipinski definition) is 2. The summed E-state index contributed by atoms with van der Waals surface area (Å²) in [7, 11) is 0. The first-order valence-electron chi connectivity index (χ1n) is 7.32. The third-order valence-corrected chi connectivity index (χ3v) is 3.40. The van der Waals surface area contributed by atoms with Crippen molar-refractivity contribution in [1.29, 1.82) is 0 Å². The van der Waals surface area contributed by atoms with E-state index in [4.69, 9.17) is 9.84 Å². The Bertz CT molecular complexity index is 348. The number of carbonyl (C=O) groups excluding carboxylic acids is 1. The molecule has 3 unspecified atom stereocenters. The highest BCUT2D eigenvalue weighted by molar-refractivity contribution is 5.76. The van der Waals surface area contributed by atoms with Gasteiger partial charge in [0.05, 0.1) is 6.10 Å². The molecule has 3 atom stereocenters. The van der Waals surface area contributed by atoms with Gasteiger partial charge in [0.2, 0.25) is 5.91 Å². The number of rotatable bonds is 6. The molecule has 1 aliphatic heterocycles. The normalized spacial score (nSPS) is 24.4. The van der Waals surface area contributed by atoms with Gasteiger partial charge in [0.25, 0.3) is 0 Å². The molecule has 1 saturated heterocycles. The van der Waals surface area contributed by atoms with E-state index in [0.29, 0.717) is 31.7 Å². The van der Waals surface area contributed by atoms with Gasteiger partial charge < -0.3 is 15.2 Å². The van der Waals surface area contributed by atoms with Crippen LogP contribution in [-0.2, 0) is 14.3 Å². The summed E-state index contributed by atoms with van der Waals surface area (Å²) in [6, 6.07) is 0. The Hall–Kier alpha value is -1.10. The number of ether oxygens (including phenoxy) is 1. The predicted octanol–water partition coefficient (Wildman–Crippen LogP) is 2.20. The van der Waals surface area contributed by atoms with Crippen molar-refractivity contribution in [2.75, 3.05) is 6.54 Å². The zero-order chi connectivity index (χ0) is 15.3. The smallest absolute Gasteiger partial charge is 0.332 e. The summed E-state index contributed by atoms with van der Waals surface area (Å²) in [5.74, 6) is -0.562. The molecule has 0 radical (unpaired) electrons. The topological polar surface area (TPSA) is 75.6 Å². The molecule has 0 aromatic rings. The highest BCUT2D eigenvalue weighted by atomic mass is 16.5. The number of hydrogen-bond acceptors (Lipinski definition) is 3. The Morgan fingerprint density at radius 2 is 2.00 bits per heavy atom. The van der Waals surface area contributed by atoms with Gasteiger partial charge in [-0.05, 0) is 30.6 Å². The second kappa shape index (κ2) is 7.07. The lowest BCUT2D eigenvalue weighted by Crippen LogP contribution is -2.34. The first kappa shape index (κ1) is 17.0. The van der Waals surface area contributed by atoms with Crippen LogP contribution in [0.1, 0.15) is 53.4 Å². The number of nitrogens with one attached hydrogen (secondary N) is 1. The van der Waals surface area contributed by atoms with E-state index in [0.717, 1.165) is 6.42 Å². The van der Waals surface area contributed by atoms with E-state index in [1.165, 1.54) is 0 Å². The monoisotopic (exact) mass is 285 g/mol. The fraction of sp³-hybridized carbons (Fsp3) is 0.867. The van der Waals surface area contributed by atoms with E-state index in [-0.39, 0.29) is 17.4 Å². The van der Waals surface area contributed by atoms with Crippen LogP contribution in [0.3, 0.4) is 0 Å². The van der Waals surface area contributed by atoms with E-state index < -0.39 is 12.1 Å². The molecule has 116 valence electrons. The van der Waals surface area contributed by atoms with Crippen molar-refractivity contribution in [2.45, 2.75) is 65.6 Å². The van der Waals surface area contributed by atoms with E-state index in [9.17, 15) is 9.59 Å². The van der Waals surface area contributed by atoms with Gasteiger partial charge in [-0.25, -0.2) is 4.79 Å². The average Bonchev–Trinajstić information content (AvgIpc) is 2.72. The van der Waals surface area contributed by atoms with Crippen molar-refractivity contribution < 1.29 is 19.4 Å². The minimum absolute atomic E-state index is 0.0177. The van der Waals surface area contributed by atoms with Crippen molar-refractivity contribution in [2.24, 2.45) is 11.3 Å². The summed E-state index contributed by atoms with van der Waals surface area (Å²) < 4.78 is 5.34. The average molecular weight is 285 g/mol. The van der Waals surface area contributed by atoms with Crippen molar-refractivity contribution >= 4 is 11.9 Å². The summed E-state index contributed by atoms with van der Waals surface area (Å²) >= 11 is 0. The number of carboxylic acids is 1. The standard InChI is InChI=1S/C15H27NO4/c1-10(8-15(2,3)4)7-13(17)16-9-11-5-6-12(20-11)14(18)19/h10-12H,5-9H2,1-4H3,(H,16,17)(H,18,19). The quantitative estimate of drug-likeness (QED) is 0.784. The third-order valence-electron chi connectivity index (χ3n) is 3.40. The maximum Gasteiger partial charge on any atom is 0.332 e. The van der Waals surface area contributed by atoms with Gasteiger partial charge in [-0.3, -0.25) is 4.79 Å². The lowest BCUT2D eigenvalue weighted by molar-refractivity contribution is -0.149.